The van der Waals surface area contributed by atoms with Crippen molar-refractivity contribution in [2.45, 2.75) is 24.2 Å². The molecule has 3 rings (SSSR count). The van der Waals surface area contributed by atoms with Crippen LogP contribution in [0.2, 0.25) is 0 Å². The summed E-state index contributed by atoms with van der Waals surface area (Å²) in [5.41, 5.74) is 2.33. The summed E-state index contributed by atoms with van der Waals surface area (Å²) in [5, 5.41) is 0. The Labute approximate surface area is 125 Å². The van der Waals surface area contributed by atoms with Crippen LogP contribution in [-0.2, 0) is 27.9 Å². The number of ether oxygens (including phenoxy) is 2. The van der Waals surface area contributed by atoms with Gasteiger partial charge in [-0.05, 0) is 36.8 Å². The van der Waals surface area contributed by atoms with E-state index in [1.807, 2.05) is 31.2 Å². The first kappa shape index (κ1) is 14.2. The second-order valence-electron chi connectivity index (χ2n) is 4.97. The Morgan fingerprint density at radius 1 is 1.29 bits per heavy atom. The van der Waals surface area contributed by atoms with E-state index in [9.17, 15) is 8.60 Å². The van der Waals surface area contributed by atoms with E-state index in [2.05, 4.69) is 0 Å². The molecule has 0 spiro atoms. The highest BCUT2D eigenvalue weighted by molar-refractivity contribution is 7.84. The zero-order chi connectivity index (χ0) is 14.8. The van der Waals surface area contributed by atoms with Crippen LogP contribution in [0.5, 0.6) is 5.75 Å². The Hall–Kier alpha value is -1.72. The molecule has 21 heavy (non-hydrogen) atoms. The van der Waals surface area contributed by atoms with E-state index in [1.165, 1.54) is 12.1 Å². The molecular weight excluding hydrogens is 291 g/mol. The van der Waals surface area contributed by atoms with Crippen molar-refractivity contribution < 1.29 is 18.1 Å². The van der Waals surface area contributed by atoms with Gasteiger partial charge in [0.1, 0.15) is 11.6 Å². The summed E-state index contributed by atoms with van der Waals surface area (Å²) in [6.45, 7) is 2.41. The fraction of sp³-hybridized carbons (Fsp3) is 0.250. The summed E-state index contributed by atoms with van der Waals surface area (Å²) in [6, 6.07) is 10.3. The van der Waals surface area contributed by atoms with Gasteiger partial charge in [-0.1, -0.05) is 12.1 Å². The molecule has 0 aromatic heterocycles. The lowest BCUT2D eigenvalue weighted by atomic mass is 10.1. The van der Waals surface area contributed by atoms with Crippen LogP contribution in [0.15, 0.2) is 41.3 Å². The minimum Gasteiger partial charge on any atom is -0.467 e. The number of fused-ring (bicyclic) bond motifs is 1. The van der Waals surface area contributed by atoms with Crippen LogP contribution in [0.25, 0.3) is 0 Å². The molecule has 3 nitrogen and oxygen atoms in total. The Balaban J connectivity index is 1.91. The highest BCUT2D eigenvalue weighted by atomic mass is 32.2. The average Bonchev–Trinajstić information content (AvgIpc) is 2.47. The minimum absolute atomic E-state index is 0.142. The first-order valence-electron chi connectivity index (χ1n) is 6.60. The van der Waals surface area contributed by atoms with E-state index >= 15 is 0 Å². The molecule has 110 valence electrons. The van der Waals surface area contributed by atoms with Crippen molar-refractivity contribution in [2.75, 3.05) is 6.79 Å². The second-order valence-corrected chi connectivity index (χ2v) is 6.42. The third kappa shape index (κ3) is 3.14. The second kappa shape index (κ2) is 5.95. The van der Waals surface area contributed by atoms with Gasteiger partial charge in [0, 0.05) is 16.0 Å². The smallest absolute Gasteiger partial charge is 0.189 e. The Morgan fingerprint density at radius 2 is 2.14 bits per heavy atom. The lowest BCUT2D eigenvalue weighted by molar-refractivity contribution is -0.0171. The molecule has 0 fully saturated rings. The summed E-state index contributed by atoms with van der Waals surface area (Å²) < 4.78 is 36.7. The molecule has 0 aliphatic carbocycles. The normalized spacial score (nSPS) is 15.1. The molecule has 0 radical (unpaired) electrons. The number of aryl methyl sites for hydroxylation is 1. The molecular formula is C16H15FO3S. The maximum Gasteiger partial charge on any atom is 0.189 e. The molecule has 0 N–H and O–H groups in total. The van der Waals surface area contributed by atoms with Gasteiger partial charge in [-0.3, -0.25) is 4.21 Å². The highest BCUT2D eigenvalue weighted by Crippen LogP contribution is 2.31. The molecule has 0 saturated carbocycles. The molecule has 1 aliphatic heterocycles. The zero-order valence-electron chi connectivity index (χ0n) is 11.6. The highest BCUT2D eigenvalue weighted by Gasteiger charge is 2.19. The molecule has 2 aromatic carbocycles. The molecule has 0 unspecified atom stereocenters. The third-order valence-electron chi connectivity index (χ3n) is 3.29. The lowest BCUT2D eigenvalue weighted by Gasteiger charge is -2.20. The van der Waals surface area contributed by atoms with Gasteiger partial charge in [-0.15, -0.1) is 0 Å². The third-order valence-corrected chi connectivity index (χ3v) is 4.64. The predicted octanol–water partition coefficient (Wildman–Crippen LogP) is 3.31. The lowest BCUT2D eigenvalue weighted by Crippen LogP contribution is -2.14. The van der Waals surface area contributed by atoms with Crippen molar-refractivity contribution in [2.24, 2.45) is 0 Å². The summed E-state index contributed by atoms with van der Waals surface area (Å²) in [4.78, 5) is 0.736. The van der Waals surface area contributed by atoms with Crippen molar-refractivity contribution in [3.63, 3.8) is 0 Å². The maximum atomic E-state index is 13.7. The molecule has 0 bridgehead atoms. The number of hydrogen-bond acceptors (Lipinski definition) is 3. The SMILES string of the molecule is Cc1cccc([S@](=O)Cc2cc(F)cc3c2OCOC3)c1. The molecule has 0 amide bonds. The van der Waals surface area contributed by atoms with E-state index in [4.69, 9.17) is 9.47 Å². The fourth-order valence-electron chi connectivity index (χ4n) is 2.35. The van der Waals surface area contributed by atoms with E-state index in [0.29, 0.717) is 23.5 Å². The molecule has 5 heteroatoms. The minimum atomic E-state index is -1.24. The maximum absolute atomic E-state index is 13.7. The van der Waals surface area contributed by atoms with Crippen LogP contribution in [0.1, 0.15) is 16.7 Å². The largest absolute Gasteiger partial charge is 0.467 e. The molecule has 1 atom stereocenters. The van der Waals surface area contributed by atoms with Gasteiger partial charge < -0.3 is 9.47 Å². The van der Waals surface area contributed by atoms with Gasteiger partial charge in [-0.25, -0.2) is 4.39 Å². The summed E-state index contributed by atoms with van der Waals surface area (Å²) in [5.74, 6) is 0.464. The van der Waals surface area contributed by atoms with Crippen LogP contribution < -0.4 is 4.74 Å². The van der Waals surface area contributed by atoms with Crippen LogP contribution in [0.4, 0.5) is 4.39 Å². The topological polar surface area (TPSA) is 35.5 Å². The fourth-order valence-corrected chi connectivity index (χ4v) is 3.56. The van der Waals surface area contributed by atoms with Crippen LogP contribution in [0.3, 0.4) is 0 Å². The van der Waals surface area contributed by atoms with Crippen molar-refractivity contribution >= 4 is 10.8 Å². The van der Waals surface area contributed by atoms with Crippen molar-refractivity contribution in [3.05, 3.63) is 58.9 Å². The zero-order valence-corrected chi connectivity index (χ0v) is 12.4. The van der Waals surface area contributed by atoms with Crippen LogP contribution in [-0.4, -0.2) is 11.0 Å². The number of benzene rings is 2. The van der Waals surface area contributed by atoms with Gasteiger partial charge in [-0.2, -0.15) is 0 Å². The van der Waals surface area contributed by atoms with Crippen LogP contribution >= 0.6 is 0 Å². The standard InChI is InChI=1S/C16H15FO3S/c1-11-3-2-4-15(5-11)21(18)9-13-7-14(17)6-12-8-19-10-20-16(12)13/h2-7H,8-10H2,1H3/t21-/m1/s1. The first-order valence-corrected chi connectivity index (χ1v) is 7.92. The molecule has 2 aromatic rings. The Morgan fingerprint density at radius 3 is 2.95 bits per heavy atom. The summed E-state index contributed by atoms with van der Waals surface area (Å²) in [6.07, 6.45) is 0. The van der Waals surface area contributed by atoms with Gasteiger partial charge in [0.25, 0.3) is 0 Å². The number of hydrogen-bond donors (Lipinski definition) is 0. The van der Waals surface area contributed by atoms with Gasteiger partial charge in [0.05, 0.1) is 23.2 Å². The number of rotatable bonds is 3. The van der Waals surface area contributed by atoms with E-state index in [0.717, 1.165) is 10.5 Å². The predicted molar refractivity (Wildman–Crippen MR) is 78.0 cm³/mol. The Kier molecular flexibility index (Phi) is 4.03. The van der Waals surface area contributed by atoms with E-state index in [-0.39, 0.29) is 18.4 Å². The first-order chi connectivity index (χ1) is 10.1. The van der Waals surface area contributed by atoms with Gasteiger partial charge >= 0.3 is 0 Å². The summed E-state index contributed by atoms with van der Waals surface area (Å²) in [7, 11) is -1.24. The Bertz CT molecular complexity index is 700. The van der Waals surface area contributed by atoms with Crippen molar-refractivity contribution in [1.82, 2.24) is 0 Å². The quantitative estimate of drug-likeness (QED) is 0.873. The van der Waals surface area contributed by atoms with Crippen LogP contribution in [0, 0.1) is 12.7 Å². The van der Waals surface area contributed by atoms with Gasteiger partial charge in [0.2, 0.25) is 0 Å². The average molecular weight is 306 g/mol. The monoisotopic (exact) mass is 306 g/mol. The van der Waals surface area contributed by atoms with E-state index in [1.54, 1.807) is 0 Å². The van der Waals surface area contributed by atoms with Crippen molar-refractivity contribution in [1.29, 1.82) is 0 Å². The molecule has 1 aliphatic rings. The van der Waals surface area contributed by atoms with E-state index < -0.39 is 10.8 Å². The number of halogens is 1. The molecule has 0 saturated heterocycles. The van der Waals surface area contributed by atoms with Crippen molar-refractivity contribution in [3.8, 4) is 5.75 Å². The molecule has 1 heterocycles. The van der Waals surface area contributed by atoms with Gasteiger partial charge in [0.15, 0.2) is 6.79 Å². The summed E-state index contributed by atoms with van der Waals surface area (Å²) >= 11 is 0.